The van der Waals surface area contributed by atoms with Gasteiger partial charge in [0, 0.05) is 6.04 Å². The lowest BCUT2D eigenvalue weighted by molar-refractivity contribution is 0.105. The van der Waals surface area contributed by atoms with Gasteiger partial charge in [-0.3, -0.25) is 9.78 Å². The molecule has 2 aromatic rings. The summed E-state index contributed by atoms with van der Waals surface area (Å²) in [6.07, 6.45) is 4.73. The van der Waals surface area contributed by atoms with Crippen LogP contribution in [0.3, 0.4) is 0 Å². The van der Waals surface area contributed by atoms with Crippen LogP contribution in [0.1, 0.15) is 31.7 Å². The molecule has 0 aromatic carbocycles. The van der Waals surface area contributed by atoms with Gasteiger partial charge in [0.25, 0.3) is 5.56 Å². The van der Waals surface area contributed by atoms with E-state index in [-0.39, 0.29) is 23.7 Å². The fraction of sp³-hybridized carbons (Fsp3) is 0.545. The zero-order chi connectivity index (χ0) is 12.7. The van der Waals surface area contributed by atoms with E-state index in [4.69, 9.17) is 5.73 Å². The molecule has 0 radical (unpaired) electrons. The third-order valence-electron chi connectivity index (χ3n) is 3.46. The molecular formula is C11H15N5O2. The highest BCUT2D eigenvalue weighted by Gasteiger charge is 2.23. The van der Waals surface area contributed by atoms with Crippen molar-refractivity contribution in [1.82, 2.24) is 19.5 Å². The summed E-state index contributed by atoms with van der Waals surface area (Å²) in [5, 5.41) is 9.71. The van der Waals surface area contributed by atoms with E-state index in [2.05, 4.69) is 15.0 Å². The quantitative estimate of drug-likeness (QED) is 0.667. The molecule has 0 aliphatic heterocycles. The first-order chi connectivity index (χ1) is 8.65. The van der Waals surface area contributed by atoms with Crippen molar-refractivity contribution in [1.29, 1.82) is 0 Å². The minimum absolute atomic E-state index is 0.0885. The maximum atomic E-state index is 11.7. The largest absolute Gasteiger partial charge is 0.393 e. The predicted octanol–water partition coefficient (Wildman–Crippen LogP) is 0.178. The standard InChI is InChI=1S/C11H15N5O2/c12-11-14-9-8(10(18)15-11)13-5-16(9)6-2-1-3-7(17)4-6/h5-7,17H,1-4H2,(H3,12,14,15,18)/t6-,7-/m0/s1. The zero-order valence-corrected chi connectivity index (χ0v) is 9.83. The molecule has 2 aromatic heterocycles. The van der Waals surface area contributed by atoms with Crippen molar-refractivity contribution < 1.29 is 5.11 Å². The van der Waals surface area contributed by atoms with Crippen LogP contribution in [0.25, 0.3) is 11.2 Å². The molecule has 4 N–H and O–H groups in total. The molecular weight excluding hydrogens is 234 g/mol. The van der Waals surface area contributed by atoms with Crippen LogP contribution < -0.4 is 11.3 Å². The number of hydrogen-bond donors (Lipinski definition) is 3. The van der Waals surface area contributed by atoms with Gasteiger partial charge in [-0.15, -0.1) is 0 Å². The number of nitrogens with one attached hydrogen (secondary N) is 1. The number of aromatic amines is 1. The highest BCUT2D eigenvalue weighted by Crippen LogP contribution is 2.30. The molecule has 0 saturated heterocycles. The molecule has 0 unspecified atom stereocenters. The van der Waals surface area contributed by atoms with Crippen LogP contribution in [0.4, 0.5) is 5.95 Å². The average molecular weight is 249 g/mol. The third-order valence-corrected chi connectivity index (χ3v) is 3.46. The maximum absolute atomic E-state index is 11.7. The van der Waals surface area contributed by atoms with Gasteiger partial charge in [0.2, 0.25) is 5.95 Å². The highest BCUT2D eigenvalue weighted by atomic mass is 16.3. The summed E-state index contributed by atoms with van der Waals surface area (Å²) in [7, 11) is 0. The Morgan fingerprint density at radius 3 is 3.11 bits per heavy atom. The normalized spacial score (nSPS) is 24.5. The molecule has 18 heavy (non-hydrogen) atoms. The molecule has 7 heteroatoms. The van der Waals surface area contributed by atoms with Gasteiger partial charge in [-0.25, -0.2) is 4.98 Å². The summed E-state index contributed by atoms with van der Waals surface area (Å²) in [6.45, 7) is 0. The Morgan fingerprint density at radius 2 is 2.33 bits per heavy atom. The summed E-state index contributed by atoms with van der Waals surface area (Å²) in [5.74, 6) is 0.0885. The number of H-pyrrole nitrogens is 1. The molecule has 7 nitrogen and oxygen atoms in total. The summed E-state index contributed by atoms with van der Waals surface area (Å²) >= 11 is 0. The number of aromatic nitrogens is 4. The van der Waals surface area contributed by atoms with Gasteiger partial charge in [-0.1, -0.05) is 0 Å². The number of hydrogen-bond acceptors (Lipinski definition) is 5. The van der Waals surface area contributed by atoms with E-state index >= 15 is 0 Å². The van der Waals surface area contributed by atoms with Gasteiger partial charge in [0.15, 0.2) is 11.2 Å². The number of nitrogens with zero attached hydrogens (tertiary/aromatic N) is 3. The number of fused-ring (bicyclic) bond motifs is 1. The fourth-order valence-electron chi connectivity index (χ4n) is 2.60. The first-order valence-electron chi connectivity index (χ1n) is 6.05. The van der Waals surface area contributed by atoms with Gasteiger partial charge in [0.1, 0.15) is 0 Å². The number of aliphatic hydroxyl groups excluding tert-OH is 1. The van der Waals surface area contributed by atoms with E-state index in [9.17, 15) is 9.90 Å². The van der Waals surface area contributed by atoms with Gasteiger partial charge in [-0.2, -0.15) is 4.98 Å². The average Bonchev–Trinajstić information content (AvgIpc) is 2.72. The van der Waals surface area contributed by atoms with Gasteiger partial charge in [0.05, 0.1) is 12.4 Å². The molecule has 0 bridgehead atoms. The first kappa shape index (κ1) is 11.2. The lowest BCUT2D eigenvalue weighted by atomic mass is 9.93. The lowest BCUT2D eigenvalue weighted by Crippen LogP contribution is -2.22. The van der Waals surface area contributed by atoms with Crippen LogP contribution in [0, 0.1) is 0 Å². The Kier molecular flexibility index (Phi) is 2.55. The molecule has 2 atom stereocenters. The molecule has 1 saturated carbocycles. The molecule has 1 aliphatic rings. The van der Waals surface area contributed by atoms with Crippen molar-refractivity contribution in [3.05, 3.63) is 16.7 Å². The second kappa shape index (κ2) is 4.09. The van der Waals surface area contributed by atoms with E-state index < -0.39 is 0 Å². The van der Waals surface area contributed by atoms with Crippen molar-refractivity contribution in [3.63, 3.8) is 0 Å². The lowest BCUT2D eigenvalue weighted by Gasteiger charge is -2.26. The van der Waals surface area contributed by atoms with Crippen LogP contribution in [0.15, 0.2) is 11.1 Å². The summed E-state index contributed by atoms with van der Waals surface area (Å²) in [5.41, 5.74) is 6.02. The van der Waals surface area contributed by atoms with E-state index in [0.29, 0.717) is 17.6 Å². The Morgan fingerprint density at radius 1 is 1.50 bits per heavy atom. The van der Waals surface area contributed by atoms with Gasteiger partial charge in [-0.05, 0) is 25.7 Å². The second-order valence-electron chi connectivity index (χ2n) is 4.75. The van der Waals surface area contributed by atoms with Crippen LogP contribution in [0.5, 0.6) is 0 Å². The number of imidazole rings is 1. The monoisotopic (exact) mass is 249 g/mol. The molecule has 0 amide bonds. The molecule has 96 valence electrons. The zero-order valence-electron chi connectivity index (χ0n) is 9.83. The Labute approximate surface area is 103 Å². The molecule has 3 rings (SSSR count). The highest BCUT2D eigenvalue weighted by molar-refractivity contribution is 5.70. The molecule has 2 heterocycles. The minimum atomic E-state index is -0.326. The number of aliphatic hydroxyl groups is 1. The fourth-order valence-corrected chi connectivity index (χ4v) is 2.60. The van der Waals surface area contributed by atoms with Crippen molar-refractivity contribution in [2.45, 2.75) is 37.8 Å². The van der Waals surface area contributed by atoms with Crippen molar-refractivity contribution in [3.8, 4) is 0 Å². The third kappa shape index (κ3) is 1.76. The minimum Gasteiger partial charge on any atom is -0.393 e. The number of rotatable bonds is 1. The topological polar surface area (TPSA) is 110 Å². The molecule has 0 spiro atoms. The smallest absolute Gasteiger partial charge is 0.280 e. The van der Waals surface area contributed by atoms with Crippen LogP contribution in [-0.2, 0) is 0 Å². The number of nitrogen functional groups attached to an aromatic ring is 1. The summed E-state index contributed by atoms with van der Waals surface area (Å²) < 4.78 is 1.85. The van der Waals surface area contributed by atoms with Crippen LogP contribution in [0.2, 0.25) is 0 Å². The Bertz CT molecular complexity index is 632. The number of anilines is 1. The summed E-state index contributed by atoms with van der Waals surface area (Å²) in [6, 6.07) is 0.132. The van der Waals surface area contributed by atoms with Crippen molar-refractivity contribution in [2.75, 3.05) is 5.73 Å². The SMILES string of the molecule is Nc1nc2c(ncn2[C@H]2CCC[C@H](O)C2)c(=O)[nH]1. The van der Waals surface area contributed by atoms with Gasteiger partial charge >= 0.3 is 0 Å². The Hall–Kier alpha value is -1.89. The summed E-state index contributed by atoms with van der Waals surface area (Å²) in [4.78, 5) is 22.3. The van der Waals surface area contributed by atoms with Crippen LogP contribution >= 0.6 is 0 Å². The number of nitrogens with two attached hydrogens (primary N) is 1. The molecule has 1 fully saturated rings. The van der Waals surface area contributed by atoms with E-state index in [1.54, 1.807) is 6.33 Å². The molecule has 1 aliphatic carbocycles. The van der Waals surface area contributed by atoms with Gasteiger partial charge < -0.3 is 15.4 Å². The van der Waals surface area contributed by atoms with E-state index in [1.165, 1.54) is 0 Å². The first-order valence-corrected chi connectivity index (χ1v) is 6.05. The van der Waals surface area contributed by atoms with Crippen LogP contribution in [-0.4, -0.2) is 30.7 Å². The second-order valence-corrected chi connectivity index (χ2v) is 4.75. The predicted molar refractivity (Wildman–Crippen MR) is 66.1 cm³/mol. The van der Waals surface area contributed by atoms with E-state index in [0.717, 1.165) is 19.3 Å². The van der Waals surface area contributed by atoms with Crippen molar-refractivity contribution in [2.24, 2.45) is 0 Å². The van der Waals surface area contributed by atoms with E-state index in [1.807, 2.05) is 4.57 Å². The Balaban J connectivity index is 2.09. The van der Waals surface area contributed by atoms with Crippen molar-refractivity contribution >= 4 is 17.1 Å². The maximum Gasteiger partial charge on any atom is 0.280 e.